The maximum absolute atomic E-state index is 12.0. The van der Waals surface area contributed by atoms with Crippen LogP contribution in [0, 0.1) is 11.8 Å². The third-order valence-electron chi connectivity index (χ3n) is 4.01. The maximum atomic E-state index is 12.0. The Morgan fingerprint density at radius 3 is 2.41 bits per heavy atom. The molecule has 1 aromatic carbocycles. The lowest BCUT2D eigenvalue weighted by molar-refractivity contribution is 0.0968. The van der Waals surface area contributed by atoms with E-state index in [9.17, 15) is 4.79 Å². The molecule has 0 spiro atoms. The summed E-state index contributed by atoms with van der Waals surface area (Å²) in [6.07, 6.45) is 7.16. The van der Waals surface area contributed by atoms with Gasteiger partial charge < -0.3 is 0 Å². The molecular formula is C16H22O. The highest BCUT2D eigenvalue weighted by atomic mass is 16.1. The Labute approximate surface area is 104 Å². The zero-order valence-corrected chi connectivity index (χ0v) is 10.7. The number of rotatable bonds is 4. The standard InChI is InChI=1S/C16H22O/c1-13-7-9-14(10-8-13)11-12-16(17)15-5-3-2-4-6-15/h2-6,13-14H,7-12H2,1H3. The van der Waals surface area contributed by atoms with Crippen LogP contribution in [0.15, 0.2) is 30.3 Å². The zero-order chi connectivity index (χ0) is 12.1. The van der Waals surface area contributed by atoms with Crippen molar-refractivity contribution in [3.63, 3.8) is 0 Å². The summed E-state index contributed by atoms with van der Waals surface area (Å²) in [6, 6.07) is 9.68. The lowest BCUT2D eigenvalue weighted by atomic mass is 9.80. The minimum atomic E-state index is 0.309. The molecular weight excluding hydrogens is 208 g/mol. The fraction of sp³-hybridized carbons (Fsp3) is 0.562. The van der Waals surface area contributed by atoms with Gasteiger partial charge in [0.15, 0.2) is 5.78 Å². The zero-order valence-electron chi connectivity index (χ0n) is 10.7. The van der Waals surface area contributed by atoms with Crippen LogP contribution in [0.1, 0.15) is 55.8 Å². The minimum Gasteiger partial charge on any atom is -0.294 e. The van der Waals surface area contributed by atoms with Gasteiger partial charge in [-0.05, 0) is 18.3 Å². The molecule has 1 aliphatic carbocycles. The van der Waals surface area contributed by atoms with E-state index < -0.39 is 0 Å². The van der Waals surface area contributed by atoms with E-state index >= 15 is 0 Å². The Hall–Kier alpha value is -1.11. The van der Waals surface area contributed by atoms with Gasteiger partial charge in [0, 0.05) is 12.0 Å². The Balaban J connectivity index is 1.77. The van der Waals surface area contributed by atoms with Crippen LogP contribution in [0.4, 0.5) is 0 Å². The molecule has 1 aliphatic rings. The van der Waals surface area contributed by atoms with Gasteiger partial charge in [-0.15, -0.1) is 0 Å². The Morgan fingerprint density at radius 1 is 1.12 bits per heavy atom. The van der Waals surface area contributed by atoms with Gasteiger partial charge in [-0.1, -0.05) is 62.9 Å². The predicted octanol–water partition coefficient (Wildman–Crippen LogP) is 4.48. The van der Waals surface area contributed by atoms with E-state index in [-0.39, 0.29) is 0 Å². The largest absolute Gasteiger partial charge is 0.294 e. The van der Waals surface area contributed by atoms with Gasteiger partial charge in [-0.3, -0.25) is 4.79 Å². The van der Waals surface area contributed by atoms with E-state index in [0.29, 0.717) is 5.78 Å². The number of ketones is 1. The first-order valence-electron chi connectivity index (χ1n) is 6.84. The average Bonchev–Trinajstić information content (AvgIpc) is 2.39. The monoisotopic (exact) mass is 230 g/mol. The molecule has 0 saturated heterocycles. The number of Topliss-reactive ketones (excluding diaryl/α,β-unsaturated/α-hetero) is 1. The highest BCUT2D eigenvalue weighted by Gasteiger charge is 2.19. The second kappa shape index (κ2) is 6.00. The maximum Gasteiger partial charge on any atom is 0.162 e. The van der Waals surface area contributed by atoms with Crippen LogP contribution >= 0.6 is 0 Å². The van der Waals surface area contributed by atoms with Crippen molar-refractivity contribution in [3.8, 4) is 0 Å². The molecule has 0 bridgehead atoms. The van der Waals surface area contributed by atoms with Crippen LogP contribution in [-0.2, 0) is 0 Å². The Morgan fingerprint density at radius 2 is 1.76 bits per heavy atom. The smallest absolute Gasteiger partial charge is 0.162 e. The van der Waals surface area contributed by atoms with Crippen LogP contribution in [0.25, 0.3) is 0 Å². The molecule has 0 unspecified atom stereocenters. The van der Waals surface area contributed by atoms with Crippen LogP contribution < -0.4 is 0 Å². The molecule has 1 fully saturated rings. The quantitative estimate of drug-likeness (QED) is 0.697. The molecule has 1 heteroatoms. The van der Waals surface area contributed by atoms with E-state index in [2.05, 4.69) is 6.92 Å². The summed E-state index contributed by atoms with van der Waals surface area (Å²) in [4.78, 5) is 12.0. The second-order valence-corrected chi connectivity index (χ2v) is 5.45. The van der Waals surface area contributed by atoms with Crippen molar-refractivity contribution in [3.05, 3.63) is 35.9 Å². The molecule has 2 rings (SSSR count). The fourth-order valence-corrected chi connectivity index (χ4v) is 2.72. The van der Waals surface area contributed by atoms with E-state index in [1.807, 2.05) is 30.3 Å². The van der Waals surface area contributed by atoms with Gasteiger partial charge in [0.1, 0.15) is 0 Å². The summed E-state index contributed by atoms with van der Waals surface area (Å²) in [7, 11) is 0. The van der Waals surface area contributed by atoms with Gasteiger partial charge >= 0.3 is 0 Å². The summed E-state index contributed by atoms with van der Waals surface area (Å²) in [6.45, 7) is 2.34. The number of carbonyl (C=O) groups excluding carboxylic acids is 1. The summed E-state index contributed by atoms with van der Waals surface area (Å²) < 4.78 is 0. The number of benzene rings is 1. The molecule has 0 heterocycles. The van der Waals surface area contributed by atoms with Crippen LogP contribution in [0.2, 0.25) is 0 Å². The van der Waals surface area contributed by atoms with Crippen molar-refractivity contribution in [1.82, 2.24) is 0 Å². The lowest BCUT2D eigenvalue weighted by Crippen LogP contribution is -2.13. The van der Waals surface area contributed by atoms with E-state index in [1.165, 1.54) is 25.7 Å². The Bertz CT molecular complexity index is 347. The van der Waals surface area contributed by atoms with Crippen LogP contribution in [0.5, 0.6) is 0 Å². The highest BCUT2D eigenvalue weighted by molar-refractivity contribution is 5.95. The molecule has 1 aromatic rings. The Kier molecular flexibility index (Phi) is 4.36. The van der Waals surface area contributed by atoms with Crippen molar-refractivity contribution in [2.75, 3.05) is 0 Å². The van der Waals surface area contributed by atoms with Crippen LogP contribution in [-0.4, -0.2) is 5.78 Å². The summed E-state index contributed by atoms with van der Waals surface area (Å²) >= 11 is 0. The second-order valence-electron chi connectivity index (χ2n) is 5.45. The first kappa shape index (κ1) is 12.3. The SMILES string of the molecule is CC1CCC(CCC(=O)c2ccccc2)CC1. The topological polar surface area (TPSA) is 17.1 Å². The molecule has 17 heavy (non-hydrogen) atoms. The molecule has 0 N–H and O–H groups in total. The highest BCUT2D eigenvalue weighted by Crippen LogP contribution is 2.31. The summed E-state index contributed by atoms with van der Waals surface area (Å²) in [5, 5.41) is 0. The molecule has 0 atom stereocenters. The van der Waals surface area contributed by atoms with E-state index in [4.69, 9.17) is 0 Å². The third kappa shape index (κ3) is 3.69. The fourth-order valence-electron chi connectivity index (χ4n) is 2.72. The number of carbonyl (C=O) groups is 1. The summed E-state index contributed by atoms with van der Waals surface area (Å²) in [5.74, 6) is 2.00. The molecule has 1 nitrogen and oxygen atoms in total. The van der Waals surface area contributed by atoms with Crippen molar-refractivity contribution >= 4 is 5.78 Å². The van der Waals surface area contributed by atoms with Gasteiger partial charge in [0.25, 0.3) is 0 Å². The average molecular weight is 230 g/mol. The number of hydrogen-bond donors (Lipinski definition) is 0. The summed E-state index contributed by atoms with van der Waals surface area (Å²) in [5.41, 5.74) is 0.872. The molecule has 0 aromatic heterocycles. The molecule has 1 saturated carbocycles. The van der Waals surface area contributed by atoms with Crippen LogP contribution in [0.3, 0.4) is 0 Å². The van der Waals surface area contributed by atoms with E-state index in [1.54, 1.807) is 0 Å². The first-order chi connectivity index (χ1) is 8.25. The molecule has 0 amide bonds. The van der Waals surface area contributed by atoms with Crippen molar-refractivity contribution < 1.29 is 4.79 Å². The predicted molar refractivity (Wildman–Crippen MR) is 71.1 cm³/mol. The van der Waals surface area contributed by atoms with Gasteiger partial charge in [-0.25, -0.2) is 0 Å². The van der Waals surface area contributed by atoms with Gasteiger partial charge in [0.05, 0.1) is 0 Å². The van der Waals surface area contributed by atoms with Crippen molar-refractivity contribution in [2.24, 2.45) is 11.8 Å². The van der Waals surface area contributed by atoms with E-state index in [0.717, 1.165) is 30.2 Å². The molecule has 0 radical (unpaired) electrons. The molecule has 92 valence electrons. The lowest BCUT2D eigenvalue weighted by Gasteiger charge is -2.25. The normalized spacial score (nSPS) is 24.5. The van der Waals surface area contributed by atoms with Crippen molar-refractivity contribution in [1.29, 1.82) is 0 Å². The third-order valence-corrected chi connectivity index (χ3v) is 4.01. The minimum absolute atomic E-state index is 0.309. The van der Waals surface area contributed by atoms with Gasteiger partial charge in [-0.2, -0.15) is 0 Å². The first-order valence-corrected chi connectivity index (χ1v) is 6.84. The molecule has 0 aliphatic heterocycles. The van der Waals surface area contributed by atoms with Gasteiger partial charge in [0.2, 0.25) is 0 Å². The van der Waals surface area contributed by atoms with Crippen molar-refractivity contribution in [2.45, 2.75) is 45.4 Å². The number of hydrogen-bond acceptors (Lipinski definition) is 1.